The van der Waals surface area contributed by atoms with E-state index in [1.54, 1.807) is 6.20 Å². The zero-order valence-corrected chi connectivity index (χ0v) is 14.6. The smallest absolute Gasteiger partial charge is 0.179 e. The Balaban J connectivity index is 1.30. The van der Waals surface area contributed by atoms with E-state index >= 15 is 0 Å². The van der Waals surface area contributed by atoms with E-state index < -0.39 is 0 Å². The number of aryl methyl sites for hydroxylation is 2. The lowest BCUT2D eigenvalue weighted by Crippen LogP contribution is -2.47. The van der Waals surface area contributed by atoms with Crippen molar-refractivity contribution >= 4 is 16.7 Å². The Morgan fingerprint density at radius 1 is 1.27 bits per heavy atom. The van der Waals surface area contributed by atoms with Crippen molar-refractivity contribution in [2.24, 2.45) is 0 Å². The third-order valence-corrected chi connectivity index (χ3v) is 4.56. The third-order valence-electron chi connectivity index (χ3n) is 4.56. The summed E-state index contributed by atoms with van der Waals surface area (Å²) in [6.45, 7) is 2.82. The molecule has 136 valence electrons. The van der Waals surface area contributed by atoms with Crippen molar-refractivity contribution in [3.63, 3.8) is 0 Å². The van der Waals surface area contributed by atoms with Gasteiger partial charge in [-0.1, -0.05) is 18.2 Å². The van der Waals surface area contributed by atoms with Gasteiger partial charge in [-0.15, -0.1) is 0 Å². The first-order valence-electron chi connectivity index (χ1n) is 8.90. The molecule has 1 aliphatic rings. The van der Waals surface area contributed by atoms with Gasteiger partial charge in [0.15, 0.2) is 11.6 Å². The number of nitrogens with one attached hydrogen (secondary N) is 2. The molecule has 3 heterocycles. The summed E-state index contributed by atoms with van der Waals surface area (Å²) in [4.78, 5) is 12.1. The third kappa shape index (κ3) is 3.79. The molecular formula is C19H23N5O2. The minimum Gasteiger partial charge on any atom is -0.487 e. The number of H-pyrrole nitrogens is 1. The molecule has 3 aromatic rings. The van der Waals surface area contributed by atoms with Crippen molar-refractivity contribution in [3.05, 3.63) is 48.0 Å². The van der Waals surface area contributed by atoms with Gasteiger partial charge in [-0.25, -0.2) is 9.97 Å². The molecule has 4 rings (SSSR count). The molecule has 1 aromatic carbocycles. The van der Waals surface area contributed by atoms with Gasteiger partial charge in [0.1, 0.15) is 12.4 Å². The van der Waals surface area contributed by atoms with Crippen molar-refractivity contribution in [2.75, 3.05) is 32.1 Å². The molecule has 7 heteroatoms. The molecule has 4 N–H and O–H groups in total. The summed E-state index contributed by atoms with van der Waals surface area (Å²) in [5.74, 6) is 1.65. The second-order valence-electron chi connectivity index (χ2n) is 6.43. The number of hydrogen-bond donors (Lipinski definition) is 3. The van der Waals surface area contributed by atoms with E-state index in [2.05, 4.69) is 32.4 Å². The second kappa shape index (κ2) is 7.72. The van der Waals surface area contributed by atoms with Crippen LogP contribution in [0.3, 0.4) is 0 Å². The van der Waals surface area contributed by atoms with Crippen LogP contribution in [0.5, 0.6) is 5.75 Å². The Kier molecular flexibility index (Phi) is 4.99. The van der Waals surface area contributed by atoms with E-state index in [1.807, 2.05) is 18.3 Å². The van der Waals surface area contributed by atoms with Crippen molar-refractivity contribution in [2.45, 2.75) is 18.9 Å². The van der Waals surface area contributed by atoms with Crippen LogP contribution in [0.4, 0.5) is 5.82 Å². The predicted octanol–water partition coefficient (Wildman–Crippen LogP) is 1.69. The van der Waals surface area contributed by atoms with E-state index in [0.717, 1.165) is 43.9 Å². The molecule has 0 amide bonds. The van der Waals surface area contributed by atoms with Crippen LogP contribution in [0.2, 0.25) is 0 Å². The number of fused-ring (bicyclic) bond motifs is 1. The monoisotopic (exact) mass is 353 g/mol. The molecule has 0 bridgehead atoms. The Morgan fingerprint density at radius 2 is 2.15 bits per heavy atom. The number of aromatic amines is 1. The summed E-state index contributed by atoms with van der Waals surface area (Å²) in [6.07, 6.45) is 5.30. The van der Waals surface area contributed by atoms with Gasteiger partial charge in [0.05, 0.1) is 25.5 Å². The molecule has 0 spiro atoms. The number of nitrogens with zero attached hydrogens (tertiary/aromatic N) is 2. The average molecular weight is 353 g/mol. The van der Waals surface area contributed by atoms with Crippen LogP contribution < -0.4 is 15.8 Å². The first-order chi connectivity index (χ1) is 12.8. The van der Waals surface area contributed by atoms with Crippen molar-refractivity contribution in [1.82, 2.24) is 20.3 Å². The number of nitrogens with two attached hydrogens (primary N) is 1. The minimum atomic E-state index is 0.390. The van der Waals surface area contributed by atoms with Crippen LogP contribution in [-0.2, 0) is 17.6 Å². The number of ether oxygens (including phenoxy) is 2. The topological polar surface area (TPSA) is 98.1 Å². The number of hydrogen-bond acceptors (Lipinski definition) is 6. The van der Waals surface area contributed by atoms with Gasteiger partial charge in [0.25, 0.3) is 0 Å². The van der Waals surface area contributed by atoms with Crippen LogP contribution in [0.25, 0.3) is 10.9 Å². The molecule has 1 saturated heterocycles. The maximum absolute atomic E-state index is 6.02. The fourth-order valence-electron chi connectivity index (χ4n) is 3.02. The summed E-state index contributed by atoms with van der Waals surface area (Å²) in [6, 6.07) is 8.72. The Morgan fingerprint density at radius 3 is 2.96 bits per heavy atom. The van der Waals surface area contributed by atoms with Crippen LogP contribution >= 0.6 is 0 Å². The van der Waals surface area contributed by atoms with Crippen molar-refractivity contribution in [1.29, 1.82) is 0 Å². The maximum atomic E-state index is 6.02. The van der Waals surface area contributed by atoms with Crippen LogP contribution in [0.1, 0.15) is 11.4 Å². The fraction of sp³-hybridized carbons (Fsp3) is 0.368. The number of anilines is 1. The lowest BCUT2D eigenvalue weighted by Gasteiger charge is -2.26. The van der Waals surface area contributed by atoms with Gasteiger partial charge in [0, 0.05) is 30.1 Å². The molecule has 7 nitrogen and oxygen atoms in total. The summed E-state index contributed by atoms with van der Waals surface area (Å²) in [5.41, 5.74) is 8.42. The Labute approximate surface area is 151 Å². The zero-order chi connectivity index (χ0) is 17.8. The minimum absolute atomic E-state index is 0.390. The number of para-hydroxylation sites is 1. The van der Waals surface area contributed by atoms with Crippen LogP contribution in [-0.4, -0.2) is 47.4 Å². The van der Waals surface area contributed by atoms with Crippen LogP contribution in [0, 0.1) is 0 Å². The van der Waals surface area contributed by atoms with Crippen molar-refractivity contribution in [3.8, 4) is 5.75 Å². The number of rotatable bonds is 8. The highest BCUT2D eigenvalue weighted by Gasteiger charge is 2.16. The van der Waals surface area contributed by atoms with E-state index in [-0.39, 0.29) is 0 Å². The number of benzene rings is 1. The van der Waals surface area contributed by atoms with E-state index in [9.17, 15) is 0 Å². The molecular weight excluding hydrogens is 330 g/mol. The number of nitrogen functional groups attached to an aromatic ring is 1. The molecule has 0 atom stereocenters. The highest BCUT2D eigenvalue weighted by Crippen LogP contribution is 2.20. The highest BCUT2D eigenvalue weighted by molar-refractivity contribution is 5.83. The van der Waals surface area contributed by atoms with Crippen molar-refractivity contribution < 1.29 is 9.47 Å². The highest BCUT2D eigenvalue weighted by atomic mass is 16.5. The van der Waals surface area contributed by atoms with Gasteiger partial charge in [0.2, 0.25) is 0 Å². The van der Waals surface area contributed by atoms with E-state index in [1.165, 1.54) is 10.9 Å². The lowest BCUT2D eigenvalue weighted by molar-refractivity contribution is -0.00595. The van der Waals surface area contributed by atoms with Gasteiger partial charge >= 0.3 is 0 Å². The quantitative estimate of drug-likeness (QED) is 0.533. The second-order valence-corrected chi connectivity index (χ2v) is 6.43. The summed E-state index contributed by atoms with van der Waals surface area (Å²) in [7, 11) is 0. The van der Waals surface area contributed by atoms with E-state index in [4.69, 9.17) is 15.2 Å². The maximum Gasteiger partial charge on any atom is 0.179 e. The average Bonchev–Trinajstić information content (AvgIpc) is 3.03. The standard InChI is InChI=1S/C19H23N5O2/c20-19-17(26-8-7-21-14-11-25-12-14)10-23-18(24-19)6-5-13-9-22-16-4-2-1-3-15(13)16/h1-4,9-10,14,21-22H,5-8,11-12H2,(H2,20,23,24). The molecule has 0 unspecified atom stereocenters. The lowest BCUT2D eigenvalue weighted by atomic mass is 10.1. The fourth-order valence-corrected chi connectivity index (χ4v) is 3.02. The van der Waals surface area contributed by atoms with Gasteiger partial charge in [-0.2, -0.15) is 0 Å². The SMILES string of the molecule is Nc1nc(CCc2c[nH]c3ccccc23)ncc1OCCNC1COC1. The largest absolute Gasteiger partial charge is 0.487 e. The summed E-state index contributed by atoms with van der Waals surface area (Å²) in [5, 5.41) is 4.58. The molecule has 2 aromatic heterocycles. The van der Waals surface area contributed by atoms with Crippen LogP contribution in [0.15, 0.2) is 36.7 Å². The molecule has 26 heavy (non-hydrogen) atoms. The molecule has 0 saturated carbocycles. The normalized spacial score (nSPS) is 14.5. The molecule has 1 aliphatic heterocycles. The predicted molar refractivity (Wildman–Crippen MR) is 100 cm³/mol. The Bertz CT molecular complexity index is 875. The molecule has 0 radical (unpaired) electrons. The number of aromatic nitrogens is 3. The summed E-state index contributed by atoms with van der Waals surface area (Å²) < 4.78 is 10.8. The molecule has 0 aliphatic carbocycles. The zero-order valence-electron chi connectivity index (χ0n) is 14.6. The van der Waals surface area contributed by atoms with Gasteiger partial charge < -0.3 is 25.5 Å². The van der Waals surface area contributed by atoms with E-state index in [0.29, 0.717) is 24.2 Å². The van der Waals surface area contributed by atoms with Gasteiger partial charge in [-0.3, -0.25) is 0 Å². The first-order valence-corrected chi connectivity index (χ1v) is 8.90. The first kappa shape index (κ1) is 16.8. The summed E-state index contributed by atoms with van der Waals surface area (Å²) >= 11 is 0. The molecule has 1 fully saturated rings. The Hall–Kier alpha value is -2.64. The van der Waals surface area contributed by atoms with Gasteiger partial charge in [-0.05, 0) is 18.1 Å².